The minimum atomic E-state index is -0.263. The first-order valence-corrected chi connectivity index (χ1v) is 8.40. The largest absolute Gasteiger partial charge is 0.494 e. The Morgan fingerprint density at radius 3 is 2.67 bits per heavy atom. The summed E-state index contributed by atoms with van der Waals surface area (Å²) in [6.07, 6.45) is 2.20. The van der Waals surface area contributed by atoms with Gasteiger partial charge in [0.1, 0.15) is 16.6 Å². The van der Waals surface area contributed by atoms with Crippen LogP contribution < -0.4 is 16.0 Å². The van der Waals surface area contributed by atoms with Gasteiger partial charge in [-0.2, -0.15) is 5.10 Å². The van der Waals surface area contributed by atoms with Crippen molar-refractivity contribution in [2.24, 2.45) is 0 Å². The molecule has 7 heteroatoms. The third-order valence-corrected chi connectivity index (χ3v) is 4.98. The van der Waals surface area contributed by atoms with E-state index >= 15 is 0 Å². The van der Waals surface area contributed by atoms with Crippen molar-refractivity contribution in [3.05, 3.63) is 21.6 Å². The maximum atomic E-state index is 12.4. The molecule has 1 aliphatic heterocycles. The Morgan fingerprint density at radius 1 is 1.38 bits per heavy atom. The number of anilines is 1. The first-order chi connectivity index (χ1) is 11.5. The van der Waals surface area contributed by atoms with E-state index in [1.54, 1.807) is 7.11 Å². The van der Waals surface area contributed by atoms with Crippen LogP contribution in [0.1, 0.15) is 45.3 Å². The van der Waals surface area contributed by atoms with Crippen LogP contribution in [0.4, 0.5) is 5.82 Å². The van der Waals surface area contributed by atoms with Gasteiger partial charge in [0.25, 0.3) is 5.56 Å². The molecular formula is C17H23N5O2. The van der Waals surface area contributed by atoms with Gasteiger partial charge < -0.3 is 19.9 Å². The van der Waals surface area contributed by atoms with Crippen molar-refractivity contribution in [3.63, 3.8) is 0 Å². The Bertz CT molecular complexity index is 915. The number of nitrogen functional groups attached to an aromatic ring is 1. The molecule has 0 unspecified atom stereocenters. The molecule has 24 heavy (non-hydrogen) atoms. The van der Waals surface area contributed by atoms with Crippen molar-refractivity contribution in [2.75, 3.05) is 19.4 Å². The van der Waals surface area contributed by atoms with Crippen molar-refractivity contribution in [1.29, 1.82) is 0 Å². The van der Waals surface area contributed by atoms with Gasteiger partial charge in [-0.15, -0.1) is 0 Å². The van der Waals surface area contributed by atoms with Gasteiger partial charge in [0.15, 0.2) is 11.6 Å². The molecule has 0 bridgehead atoms. The number of ether oxygens (including phenoxy) is 1. The smallest absolute Gasteiger partial charge is 0.277 e. The second-order valence-corrected chi connectivity index (χ2v) is 6.96. The van der Waals surface area contributed by atoms with Gasteiger partial charge in [0.2, 0.25) is 0 Å². The van der Waals surface area contributed by atoms with Crippen LogP contribution in [0.2, 0.25) is 0 Å². The molecule has 2 aromatic heterocycles. The van der Waals surface area contributed by atoms with E-state index in [2.05, 4.69) is 40.4 Å². The Labute approximate surface area is 140 Å². The molecule has 1 saturated carbocycles. The first-order valence-electron chi connectivity index (χ1n) is 8.40. The number of methoxy groups -OCH3 is 1. The zero-order valence-corrected chi connectivity index (χ0v) is 14.5. The van der Waals surface area contributed by atoms with Crippen LogP contribution in [-0.2, 0) is 0 Å². The van der Waals surface area contributed by atoms with Crippen molar-refractivity contribution in [1.82, 2.24) is 19.7 Å². The Balaban J connectivity index is 2.16. The Morgan fingerprint density at radius 2 is 2.08 bits per heavy atom. The van der Waals surface area contributed by atoms with E-state index in [9.17, 15) is 4.79 Å². The normalized spacial score (nSPS) is 20.0. The minimum Gasteiger partial charge on any atom is -0.494 e. The number of rotatable bonds is 2. The van der Waals surface area contributed by atoms with Crippen LogP contribution in [0.5, 0.6) is 5.75 Å². The fourth-order valence-electron chi connectivity index (χ4n) is 3.84. The highest BCUT2D eigenvalue weighted by Gasteiger charge is 2.38. The molecule has 3 heterocycles. The zero-order chi connectivity index (χ0) is 17.2. The highest BCUT2D eigenvalue weighted by atomic mass is 16.5. The summed E-state index contributed by atoms with van der Waals surface area (Å²) in [5.74, 6) is 0.936. The van der Waals surface area contributed by atoms with Gasteiger partial charge in [-0.1, -0.05) is 0 Å². The van der Waals surface area contributed by atoms with Crippen molar-refractivity contribution >= 4 is 22.4 Å². The lowest BCUT2D eigenvalue weighted by molar-refractivity contribution is 0.261. The number of fused-ring (bicyclic) bond motifs is 3. The van der Waals surface area contributed by atoms with Crippen LogP contribution in [0.3, 0.4) is 0 Å². The maximum Gasteiger partial charge on any atom is 0.277 e. The van der Waals surface area contributed by atoms with Gasteiger partial charge in [-0.05, 0) is 39.2 Å². The molecule has 1 atom stereocenters. The summed E-state index contributed by atoms with van der Waals surface area (Å²) in [7, 11) is 1.61. The zero-order valence-electron chi connectivity index (χ0n) is 14.5. The summed E-state index contributed by atoms with van der Waals surface area (Å²) in [6, 6.07) is 0.545. The summed E-state index contributed by atoms with van der Waals surface area (Å²) in [5.41, 5.74) is 10.1. The number of aromatic nitrogens is 3. The van der Waals surface area contributed by atoms with Crippen LogP contribution in [0.15, 0.2) is 10.4 Å². The molecule has 2 aliphatic rings. The molecule has 3 N–H and O–H groups in total. The fourth-order valence-corrected chi connectivity index (χ4v) is 3.84. The third kappa shape index (κ3) is 1.90. The molecule has 0 spiro atoms. The second-order valence-electron chi connectivity index (χ2n) is 6.96. The number of nitrogens with one attached hydrogen (secondary N) is 1. The lowest BCUT2D eigenvalue weighted by Crippen LogP contribution is -2.39. The Hall–Kier alpha value is -2.44. The monoisotopic (exact) mass is 329 g/mol. The molecule has 0 radical (unpaired) electrons. The molecule has 128 valence electrons. The van der Waals surface area contributed by atoms with E-state index in [-0.39, 0.29) is 11.6 Å². The molecule has 2 aromatic rings. The van der Waals surface area contributed by atoms with Gasteiger partial charge in [0, 0.05) is 18.6 Å². The summed E-state index contributed by atoms with van der Waals surface area (Å²) < 4.78 is 7.85. The molecular weight excluding hydrogens is 306 g/mol. The minimum absolute atomic E-state index is 0.169. The molecule has 0 saturated heterocycles. The number of H-pyrrole nitrogens is 1. The van der Waals surface area contributed by atoms with Crippen LogP contribution in [0, 0.1) is 0 Å². The van der Waals surface area contributed by atoms with E-state index in [4.69, 9.17) is 10.5 Å². The summed E-state index contributed by atoms with van der Waals surface area (Å²) in [4.78, 5) is 14.9. The quantitative estimate of drug-likeness (QED) is 0.881. The van der Waals surface area contributed by atoms with Crippen molar-refractivity contribution < 1.29 is 4.74 Å². The van der Waals surface area contributed by atoms with Gasteiger partial charge in [0.05, 0.1) is 12.8 Å². The second kappa shape index (κ2) is 5.03. The van der Waals surface area contributed by atoms with Crippen LogP contribution in [-0.4, -0.2) is 39.4 Å². The van der Waals surface area contributed by atoms with E-state index in [0.29, 0.717) is 28.5 Å². The van der Waals surface area contributed by atoms with Gasteiger partial charge >= 0.3 is 0 Å². The van der Waals surface area contributed by atoms with Crippen LogP contribution in [0.25, 0.3) is 16.6 Å². The number of nitrogens with zero attached hydrogens (tertiary/aromatic N) is 3. The fraction of sp³-hybridized carbons (Fsp3) is 0.529. The number of hydrogen-bond donors (Lipinski definition) is 2. The van der Waals surface area contributed by atoms with E-state index < -0.39 is 0 Å². The molecule has 0 aromatic carbocycles. The molecule has 1 fully saturated rings. The number of aromatic amines is 1. The predicted octanol–water partition coefficient (Wildman–Crippen LogP) is 2.11. The highest BCUT2D eigenvalue weighted by molar-refractivity contribution is 5.98. The number of allylic oxidation sites excluding steroid dienone is 1. The SMILES string of the molecule is COc1c2n(c3c(N)n[nH]c(=O)c13)[C@@H](C)CN(C(C)C)C2=C1CC1. The average Bonchev–Trinajstić information content (AvgIpc) is 3.30. The first kappa shape index (κ1) is 15.1. The van der Waals surface area contributed by atoms with Crippen molar-refractivity contribution in [2.45, 2.75) is 45.7 Å². The molecule has 0 amide bonds. The maximum absolute atomic E-state index is 12.4. The number of hydrogen-bond acceptors (Lipinski definition) is 5. The lowest BCUT2D eigenvalue weighted by atomic mass is 10.1. The standard InChI is InChI=1S/C17H23N5O2/c1-8(2)21-7-9(3)22-13-11(17(23)20-19-16(13)18)15(24-4)14(22)12(21)10-5-6-10/h8-9H,5-7H2,1-4H3,(H2,18,19)(H,20,23)/t9-/m0/s1. The summed E-state index contributed by atoms with van der Waals surface area (Å²) in [5, 5.41) is 6.95. The Kier molecular flexibility index (Phi) is 3.16. The average molecular weight is 329 g/mol. The van der Waals surface area contributed by atoms with Gasteiger partial charge in [-0.3, -0.25) is 4.79 Å². The third-order valence-electron chi connectivity index (χ3n) is 4.98. The molecule has 4 rings (SSSR count). The van der Waals surface area contributed by atoms with E-state index in [1.165, 1.54) is 11.3 Å². The topological polar surface area (TPSA) is 89.2 Å². The van der Waals surface area contributed by atoms with Gasteiger partial charge in [-0.25, -0.2) is 5.10 Å². The summed E-state index contributed by atoms with van der Waals surface area (Å²) >= 11 is 0. The summed E-state index contributed by atoms with van der Waals surface area (Å²) in [6.45, 7) is 7.42. The van der Waals surface area contributed by atoms with Crippen molar-refractivity contribution in [3.8, 4) is 5.75 Å². The molecule has 7 nitrogen and oxygen atoms in total. The lowest BCUT2D eigenvalue weighted by Gasteiger charge is -2.40. The van der Waals surface area contributed by atoms with E-state index in [1.807, 2.05) is 0 Å². The number of nitrogens with two attached hydrogens (primary N) is 1. The molecule has 1 aliphatic carbocycles. The van der Waals surface area contributed by atoms with Crippen LogP contribution >= 0.6 is 0 Å². The highest BCUT2D eigenvalue weighted by Crippen LogP contribution is 2.49. The van der Waals surface area contributed by atoms with E-state index in [0.717, 1.165) is 25.1 Å². The predicted molar refractivity (Wildman–Crippen MR) is 94.0 cm³/mol.